The first-order valence-corrected chi connectivity index (χ1v) is 6.69. The Morgan fingerprint density at radius 1 is 1.29 bits per heavy atom. The molecule has 0 spiro atoms. The number of benzene rings is 2. The molecule has 7 heteroatoms. The predicted molar refractivity (Wildman–Crippen MR) is 78.1 cm³/mol. The van der Waals surface area contributed by atoms with Gasteiger partial charge in [0, 0.05) is 12.1 Å². The van der Waals surface area contributed by atoms with Crippen molar-refractivity contribution in [2.24, 2.45) is 0 Å². The minimum absolute atomic E-state index is 0.0763. The van der Waals surface area contributed by atoms with E-state index in [-0.39, 0.29) is 23.9 Å². The van der Waals surface area contributed by atoms with Crippen LogP contribution in [0.3, 0.4) is 0 Å². The Morgan fingerprint density at radius 2 is 2.05 bits per heavy atom. The second-order valence-corrected chi connectivity index (χ2v) is 4.98. The van der Waals surface area contributed by atoms with Gasteiger partial charge in [-0.05, 0) is 39.7 Å². The van der Waals surface area contributed by atoms with E-state index in [9.17, 15) is 14.5 Å². The maximum Gasteiger partial charge on any atom is 0.311 e. The van der Waals surface area contributed by atoms with E-state index in [0.29, 0.717) is 15.8 Å². The van der Waals surface area contributed by atoms with Crippen LogP contribution in [0, 0.1) is 15.9 Å². The number of nitrogens with zero attached hydrogens (tertiary/aromatic N) is 1. The molecule has 0 aliphatic carbocycles. The number of nitro groups is 1. The van der Waals surface area contributed by atoms with E-state index in [1.54, 1.807) is 12.1 Å². The van der Waals surface area contributed by atoms with Gasteiger partial charge in [-0.3, -0.25) is 10.1 Å². The van der Waals surface area contributed by atoms with E-state index < -0.39 is 4.92 Å². The van der Waals surface area contributed by atoms with Crippen molar-refractivity contribution in [1.82, 2.24) is 0 Å². The first-order chi connectivity index (χ1) is 10.0. The van der Waals surface area contributed by atoms with E-state index in [1.165, 1.54) is 31.4 Å². The molecule has 2 aromatic rings. The maximum absolute atomic E-state index is 13.1. The molecule has 0 fully saturated rings. The SMILES string of the molecule is COc1ccc([N+](=O)[O-])c(OCc2ccc(F)c(Br)c2)c1. The lowest BCUT2D eigenvalue weighted by atomic mass is 10.2. The molecule has 0 aromatic heterocycles. The number of hydrogen-bond acceptors (Lipinski definition) is 4. The van der Waals surface area contributed by atoms with Crippen LogP contribution in [-0.4, -0.2) is 12.0 Å². The Morgan fingerprint density at radius 3 is 2.67 bits per heavy atom. The standard InChI is InChI=1S/C14H11BrFNO4/c1-20-10-3-5-13(17(18)19)14(7-10)21-8-9-2-4-12(16)11(15)6-9/h2-7H,8H2,1H3. The quantitative estimate of drug-likeness (QED) is 0.598. The van der Waals surface area contributed by atoms with E-state index in [1.807, 2.05) is 0 Å². The second-order valence-electron chi connectivity index (χ2n) is 4.13. The third-order valence-corrected chi connectivity index (χ3v) is 3.35. The summed E-state index contributed by atoms with van der Waals surface area (Å²) in [5.74, 6) is 0.168. The van der Waals surface area contributed by atoms with Gasteiger partial charge in [-0.15, -0.1) is 0 Å². The van der Waals surface area contributed by atoms with Crippen LogP contribution in [0.2, 0.25) is 0 Å². The highest BCUT2D eigenvalue weighted by Crippen LogP contribution is 2.31. The van der Waals surface area contributed by atoms with E-state index in [2.05, 4.69) is 15.9 Å². The van der Waals surface area contributed by atoms with E-state index >= 15 is 0 Å². The molecular formula is C14H11BrFNO4. The lowest BCUT2D eigenvalue weighted by molar-refractivity contribution is -0.386. The smallest absolute Gasteiger partial charge is 0.311 e. The second kappa shape index (κ2) is 6.53. The van der Waals surface area contributed by atoms with Gasteiger partial charge in [-0.2, -0.15) is 0 Å². The Hall–Kier alpha value is -2.15. The van der Waals surface area contributed by atoms with Gasteiger partial charge in [-0.1, -0.05) is 6.07 Å². The molecule has 2 aromatic carbocycles. The third-order valence-electron chi connectivity index (χ3n) is 2.74. The van der Waals surface area contributed by atoms with Gasteiger partial charge in [0.25, 0.3) is 0 Å². The van der Waals surface area contributed by atoms with Gasteiger partial charge >= 0.3 is 5.69 Å². The molecule has 0 saturated carbocycles. The molecule has 0 aliphatic heterocycles. The number of methoxy groups -OCH3 is 1. The molecule has 0 aliphatic rings. The van der Waals surface area contributed by atoms with Crippen molar-refractivity contribution in [1.29, 1.82) is 0 Å². The van der Waals surface area contributed by atoms with Crippen LogP contribution in [0.1, 0.15) is 5.56 Å². The largest absolute Gasteiger partial charge is 0.497 e. The molecule has 0 amide bonds. The van der Waals surface area contributed by atoms with Crippen LogP contribution in [-0.2, 0) is 6.61 Å². The van der Waals surface area contributed by atoms with Crippen LogP contribution in [0.15, 0.2) is 40.9 Å². The van der Waals surface area contributed by atoms with Crippen molar-refractivity contribution in [2.45, 2.75) is 6.61 Å². The van der Waals surface area contributed by atoms with Gasteiger partial charge in [-0.25, -0.2) is 4.39 Å². The monoisotopic (exact) mass is 355 g/mol. The zero-order chi connectivity index (χ0) is 15.4. The molecule has 21 heavy (non-hydrogen) atoms. The highest BCUT2D eigenvalue weighted by molar-refractivity contribution is 9.10. The summed E-state index contributed by atoms with van der Waals surface area (Å²) in [5, 5.41) is 11.0. The average molecular weight is 356 g/mol. The Labute approximate surface area is 128 Å². The number of halogens is 2. The van der Waals surface area contributed by atoms with Crippen LogP contribution < -0.4 is 9.47 Å². The number of ether oxygens (including phenoxy) is 2. The average Bonchev–Trinajstić information content (AvgIpc) is 2.48. The maximum atomic E-state index is 13.1. The van der Waals surface area contributed by atoms with Gasteiger partial charge in [0.05, 0.1) is 16.5 Å². The number of rotatable bonds is 5. The molecule has 0 unspecified atom stereocenters. The van der Waals surface area contributed by atoms with Crippen molar-refractivity contribution in [3.05, 3.63) is 62.4 Å². The molecule has 0 atom stereocenters. The fraction of sp³-hybridized carbons (Fsp3) is 0.143. The zero-order valence-electron chi connectivity index (χ0n) is 11.0. The minimum Gasteiger partial charge on any atom is -0.497 e. The Bertz CT molecular complexity index is 678. The molecule has 0 heterocycles. The van der Waals surface area contributed by atoms with Crippen LogP contribution in [0.4, 0.5) is 10.1 Å². The minimum atomic E-state index is -0.532. The summed E-state index contributed by atoms with van der Waals surface area (Å²) >= 11 is 3.07. The van der Waals surface area contributed by atoms with Gasteiger partial charge in [0.15, 0.2) is 0 Å². The molecular weight excluding hydrogens is 345 g/mol. The lowest BCUT2D eigenvalue weighted by Gasteiger charge is -2.09. The Kier molecular flexibility index (Phi) is 4.74. The zero-order valence-corrected chi connectivity index (χ0v) is 12.6. The Balaban J connectivity index is 2.21. The van der Waals surface area contributed by atoms with Crippen molar-refractivity contribution in [3.8, 4) is 11.5 Å². The molecule has 110 valence electrons. The predicted octanol–water partition coefficient (Wildman–Crippen LogP) is 4.08. The summed E-state index contributed by atoms with van der Waals surface area (Å²) in [6.45, 7) is 0.0763. The summed E-state index contributed by atoms with van der Waals surface area (Å²) in [6, 6.07) is 8.64. The lowest BCUT2D eigenvalue weighted by Crippen LogP contribution is -2.00. The van der Waals surface area contributed by atoms with Crippen molar-refractivity contribution in [2.75, 3.05) is 7.11 Å². The first kappa shape index (κ1) is 15.2. The van der Waals surface area contributed by atoms with Gasteiger partial charge in [0.1, 0.15) is 18.2 Å². The third kappa shape index (κ3) is 3.69. The van der Waals surface area contributed by atoms with E-state index in [4.69, 9.17) is 9.47 Å². The normalized spacial score (nSPS) is 10.2. The summed E-state index contributed by atoms with van der Waals surface area (Å²) in [7, 11) is 1.46. The molecule has 0 N–H and O–H groups in total. The molecule has 0 saturated heterocycles. The fourth-order valence-corrected chi connectivity index (χ4v) is 2.10. The first-order valence-electron chi connectivity index (χ1n) is 5.90. The highest BCUT2D eigenvalue weighted by atomic mass is 79.9. The fourth-order valence-electron chi connectivity index (χ4n) is 1.68. The summed E-state index contributed by atoms with van der Waals surface area (Å²) in [5.41, 5.74) is 0.525. The highest BCUT2D eigenvalue weighted by Gasteiger charge is 2.16. The summed E-state index contributed by atoms with van der Waals surface area (Å²) in [4.78, 5) is 10.4. The van der Waals surface area contributed by atoms with Crippen LogP contribution >= 0.6 is 15.9 Å². The number of nitro benzene ring substituents is 1. The summed E-state index contributed by atoms with van der Waals surface area (Å²) < 4.78 is 23.9. The van der Waals surface area contributed by atoms with Gasteiger partial charge in [0.2, 0.25) is 5.75 Å². The summed E-state index contributed by atoms with van der Waals surface area (Å²) in [6.07, 6.45) is 0. The molecule has 5 nitrogen and oxygen atoms in total. The van der Waals surface area contributed by atoms with E-state index in [0.717, 1.165) is 0 Å². The molecule has 2 rings (SSSR count). The van der Waals surface area contributed by atoms with Crippen molar-refractivity contribution in [3.63, 3.8) is 0 Å². The van der Waals surface area contributed by atoms with Gasteiger partial charge < -0.3 is 9.47 Å². The van der Waals surface area contributed by atoms with Crippen molar-refractivity contribution >= 4 is 21.6 Å². The number of hydrogen-bond donors (Lipinski definition) is 0. The van der Waals surface area contributed by atoms with Crippen molar-refractivity contribution < 1.29 is 18.8 Å². The van der Waals surface area contributed by atoms with Crippen LogP contribution in [0.25, 0.3) is 0 Å². The molecule has 0 bridgehead atoms. The van der Waals surface area contributed by atoms with Crippen LogP contribution in [0.5, 0.6) is 11.5 Å². The molecule has 0 radical (unpaired) electrons. The topological polar surface area (TPSA) is 61.6 Å².